The van der Waals surface area contributed by atoms with Crippen LogP contribution in [0.4, 0.5) is 0 Å². The molecule has 7 aromatic carbocycles. The van der Waals surface area contributed by atoms with Gasteiger partial charge in [-0.1, -0.05) is 59.8 Å². The first kappa shape index (κ1) is 19.2. The fourth-order valence-electron chi connectivity index (χ4n) is 5.20. The molecular weight excluding hydrogens is 445 g/mol. The maximum atomic E-state index is 3.71. The molecule has 33 heavy (non-hydrogen) atoms. The first-order valence-corrected chi connectivity index (χ1v) is 15.6. The quantitative estimate of drug-likeness (QED) is 0.154. The predicted molar refractivity (Wildman–Crippen MR) is 148 cm³/mol. The number of hydrogen-bond donors (Lipinski definition) is 0. The predicted octanol–water partition coefficient (Wildman–Crippen LogP) is 6.64. The van der Waals surface area contributed by atoms with Crippen LogP contribution in [-0.4, -0.2) is 27.4 Å². The van der Waals surface area contributed by atoms with Crippen LogP contribution in [-0.2, 0) is 0 Å². The summed E-state index contributed by atoms with van der Waals surface area (Å²) in [4.78, 5) is 0. The molecule has 0 aliphatic carbocycles. The third kappa shape index (κ3) is 3.08. The van der Waals surface area contributed by atoms with Gasteiger partial charge in [0.25, 0.3) is 0 Å². The molecule has 0 bridgehead atoms. The zero-order chi connectivity index (χ0) is 21.9. The van der Waals surface area contributed by atoms with Crippen molar-refractivity contribution in [2.24, 2.45) is 0 Å². The molecule has 0 saturated heterocycles. The standard InChI is InChI=1S/C30H17Si3/c31-33-32-30-7-3-6-20-12-24-14-22-9-8-21-13-23-10-18-4-1-2-5-19(18)11-25(23)15-27(21)28(22)16-26(24)17-29(20)30/h1-17H. The number of benzene rings is 7. The monoisotopic (exact) mass is 461 g/mol. The Labute approximate surface area is 199 Å². The smallest absolute Gasteiger partial charge is 0.0612 e. The third-order valence-electron chi connectivity index (χ3n) is 6.81. The van der Waals surface area contributed by atoms with Gasteiger partial charge in [0.1, 0.15) is 0 Å². The largest absolute Gasteiger partial charge is 0.0632 e. The van der Waals surface area contributed by atoms with Crippen molar-refractivity contribution in [2.75, 3.05) is 0 Å². The highest BCUT2D eigenvalue weighted by Gasteiger charge is 2.08. The molecule has 0 aromatic heterocycles. The van der Waals surface area contributed by atoms with Crippen LogP contribution in [0.25, 0.3) is 64.6 Å². The fraction of sp³-hybridized carbons (Fsp3) is 0. The van der Waals surface area contributed by atoms with Gasteiger partial charge in [-0.3, -0.25) is 0 Å². The lowest BCUT2D eigenvalue weighted by Crippen LogP contribution is -2.21. The molecule has 0 atom stereocenters. The number of fused-ring (bicyclic) bond motifs is 7. The summed E-state index contributed by atoms with van der Waals surface area (Å²) in [5, 5.41) is 17.2. The highest BCUT2D eigenvalue weighted by Crippen LogP contribution is 2.34. The number of hydrogen-bond acceptors (Lipinski definition) is 0. The molecule has 0 aliphatic rings. The molecule has 7 rings (SSSR count). The molecule has 0 aliphatic heterocycles. The van der Waals surface area contributed by atoms with Gasteiger partial charge in [0.05, 0.1) is 9.04 Å². The second-order valence-corrected chi connectivity index (χ2v) is 13.5. The van der Waals surface area contributed by atoms with Crippen molar-refractivity contribution in [2.45, 2.75) is 0 Å². The molecule has 0 heterocycles. The average molecular weight is 462 g/mol. The Bertz CT molecular complexity index is 1890. The van der Waals surface area contributed by atoms with Crippen LogP contribution in [0, 0.1) is 0 Å². The number of rotatable bonds is 2. The normalized spacial score (nSPS) is 12.0. The fourth-order valence-corrected chi connectivity index (χ4v) is 8.14. The van der Waals surface area contributed by atoms with Crippen LogP contribution in [0.15, 0.2) is 103 Å². The first-order chi connectivity index (χ1) is 16.3. The Morgan fingerprint density at radius 1 is 0.394 bits per heavy atom. The van der Waals surface area contributed by atoms with Gasteiger partial charge in [0, 0.05) is 18.3 Å². The van der Waals surface area contributed by atoms with Crippen LogP contribution in [0.5, 0.6) is 0 Å². The van der Waals surface area contributed by atoms with E-state index >= 15 is 0 Å². The zero-order valence-corrected chi connectivity index (χ0v) is 20.8. The summed E-state index contributed by atoms with van der Waals surface area (Å²) in [7, 11) is 5.27. The molecule has 0 unspecified atom stereocenters. The summed E-state index contributed by atoms with van der Waals surface area (Å²) < 4.78 is 0. The van der Waals surface area contributed by atoms with Crippen molar-refractivity contribution in [1.29, 1.82) is 0 Å². The Morgan fingerprint density at radius 2 is 0.848 bits per heavy atom. The van der Waals surface area contributed by atoms with Gasteiger partial charge in [-0.2, -0.15) is 0 Å². The molecule has 0 amide bonds. The van der Waals surface area contributed by atoms with E-state index in [0.717, 1.165) is 17.6 Å². The zero-order valence-electron chi connectivity index (χ0n) is 17.8. The minimum atomic E-state index is 0.764. The summed E-state index contributed by atoms with van der Waals surface area (Å²) in [6.45, 7) is 0. The van der Waals surface area contributed by atoms with E-state index < -0.39 is 0 Å². The summed E-state index contributed by atoms with van der Waals surface area (Å²) in [6, 6.07) is 38.7. The van der Waals surface area contributed by atoms with Gasteiger partial charge < -0.3 is 0 Å². The minimum Gasteiger partial charge on any atom is -0.0632 e. The van der Waals surface area contributed by atoms with Crippen molar-refractivity contribution in [1.82, 2.24) is 0 Å². The minimum absolute atomic E-state index is 0.764. The van der Waals surface area contributed by atoms with Crippen molar-refractivity contribution in [3.8, 4) is 0 Å². The van der Waals surface area contributed by atoms with Crippen molar-refractivity contribution in [3.63, 3.8) is 0 Å². The first-order valence-electron chi connectivity index (χ1n) is 11.1. The molecule has 3 heteroatoms. The van der Waals surface area contributed by atoms with Crippen LogP contribution in [0.1, 0.15) is 0 Å². The van der Waals surface area contributed by atoms with E-state index in [2.05, 4.69) is 113 Å². The van der Waals surface area contributed by atoms with E-state index in [4.69, 9.17) is 0 Å². The lowest BCUT2D eigenvalue weighted by molar-refractivity contribution is 1.79. The molecule has 7 aromatic rings. The topological polar surface area (TPSA) is 0 Å². The second-order valence-electron chi connectivity index (χ2n) is 8.73. The van der Waals surface area contributed by atoms with E-state index in [-0.39, 0.29) is 0 Å². The van der Waals surface area contributed by atoms with Gasteiger partial charge >= 0.3 is 0 Å². The Balaban J connectivity index is 1.55. The van der Waals surface area contributed by atoms with Crippen LogP contribution in [0.3, 0.4) is 0 Å². The molecule has 0 N–H and O–H groups in total. The van der Waals surface area contributed by atoms with E-state index in [1.807, 2.05) is 0 Å². The van der Waals surface area contributed by atoms with E-state index in [1.54, 1.807) is 0 Å². The van der Waals surface area contributed by atoms with Gasteiger partial charge in [0.15, 0.2) is 0 Å². The molecular formula is C30H17Si3. The second kappa shape index (κ2) is 7.39. The van der Waals surface area contributed by atoms with Crippen molar-refractivity contribution >= 4 is 97.2 Å². The van der Waals surface area contributed by atoms with Crippen LogP contribution in [0.2, 0.25) is 0 Å². The molecule has 0 spiro atoms. The average Bonchev–Trinajstić information content (AvgIpc) is 2.84. The van der Waals surface area contributed by atoms with Gasteiger partial charge in [-0.15, -0.1) is 0 Å². The van der Waals surface area contributed by atoms with E-state index in [9.17, 15) is 0 Å². The van der Waals surface area contributed by atoms with E-state index in [0.29, 0.717) is 0 Å². The molecule has 0 saturated carbocycles. The maximum Gasteiger partial charge on any atom is 0.0612 e. The van der Waals surface area contributed by atoms with Crippen LogP contribution < -0.4 is 5.19 Å². The Kier molecular flexibility index (Phi) is 4.31. The lowest BCUT2D eigenvalue weighted by Gasteiger charge is -2.11. The summed E-state index contributed by atoms with van der Waals surface area (Å²) in [5.41, 5.74) is 0. The highest BCUT2D eigenvalue weighted by atomic mass is 29.5. The van der Waals surface area contributed by atoms with E-state index in [1.165, 1.54) is 69.8 Å². The van der Waals surface area contributed by atoms with Gasteiger partial charge in [-0.05, 0) is 113 Å². The lowest BCUT2D eigenvalue weighted by atomic mass is 9.94. The maximum absolute atomic E-state index is 3.71. The van der Waals surface area contributed by atoms with Crippen molar-refractivity contribution in [3.05, 3.63) is 103 Å². The SMILES string of the molecule is [Si][Si][Si]c1cccc2cc3cc4ccc5cc6cc7ccccc7cc6cc5c4cc3cc12. The third-order valence-corrected chi connectivity index (χ3v) is 9.95. The summed E-state index contributed by atoms with van der Waals surface area (Å²) in [6.07, 6.45) is 0. The van der Waals surface area contributed by atoms with Gasteiger partial charge in [-0.25, -0.2) is 0 Å². The molecule has 0 nitrogen and oxygen atoms in total. The molecule has 149 valence electrons. The van der Waals surface area contributed by atoms with Crippen molar-refractivity contribution < 1.29 is 0 Å². The Morgan fingerprint density at radius 3 is 1.45 bits per heavy atom. The molecule has 0 fully saturated rings. The summed E-state index contributed by atoms with van der Waals surface area (Å²) in [5.74, 6) is 0. The van der Waals surface area contributed by atoms with Gasteiger partial charge in [0.2, 0.25) is 0 Å². The summed E-state index contributed by atoms with van der Waals surface area (Å²) >= 11 is 0. The van der Waals surface area contributed by atoms with Crippen LogP contribution >= 0.6 is 0 Å². The molecule has 7 radical (unpaired) electrons. The Hall–Kier alpha value is -3.25. The highest BCUT2D eigenvalue weighted by molar-refractivity contribution is 7.28.